The van der Waals surface area contributed by atoms with Gasteiger partial charge in [-0.15, -0.1) is 0 Å². The van der Waals surface area contributed by atoms with Crippen LogP contribution in [0, 0.1) is 0 Å². The lowest BCUT2D eigenvalue weighted by atomic mass is 9.95. The fourth-order valence-corrected chi connectivity index (χ4v) is 2.17. The molecule has 0 aliphatic heterocycles. The monoisotopic (exact) mass is 214 g/mol. The molecule has 0 amide bonds. The zero-order valence-corrected chi connectivity index (χ0v) is 10.1. The molecule has 1 saturated carbocycles. The normalized spacial score (nSPS) is 26.8. The van der Waals surface area contributed by atoms with Crippen LogP contribution in [0.1, 0.15) is 64.7 Å². The third-order valence-corrected chi connectivity index (χ3v) is 3.25. The first-order valence-electron chi connectivity index (χ1n) is 6.62. The summed E-state index contributed by atoms with van der Waals surface area (Å²) in [4.78, 5) is 0. The summed E-state index contributed by atoms with van der Waals surface area (Å²) in [5.41, 5.74) is 0. The van der Waals surface area contributed by atoms with Crippen molar-refractivity contribution < 1.29 is 9.84 Å². The summed E-state index contributed by atoms with van der Waals surface area (Å²) >= 11 is 0. The van der Waals surface area contributed by atoms with Crippen molar-refractivity contribution in [1.29, 1.82) is 0 Å². The summed E-state index contributed by atoms with van der Waals surface area (Å²) in [5.74, 6) is 0. The highest BCUT2D eigenvalue weighted by molar-refractivity contribution is 4.71. The van der Waals surface area contributed by atoms with Gasteiger partial charge in [-0.2, -0.15) is 0 Å². The average molecular weight is 214 g/mol. The van der Waals surface area contributed by atoms with Crippen LogP contribution in [0.4, 0.5) is 0 Å². The number of aliphatic hydroxyl groups is 1. The molecule has 0 heterocycles. The molecule has 0 spiro atoms. The predicted octanol–water partition coefficient (Wildman–Crippen LogP) is 3.28. The Labute approximate surface area is 94.0 Å². The first-order chi connectivity index (χ1) is 7.33. The van der Waals surface area contributed by atoms with E-state index >= 15 is 0 Å². The lowest BCUT2D eigenvalue weighted by Gasteiger charge is -2.25. The average Bonchev–Trinajstić information content (AvgIpc) is 2.26. The topological polar surface area (TPSA) is 29.5 Å². The highest BCUT2D eigenvalue weighted by atomic mass is 16.5. The fourth-order valence-electron chi connectivity index (χ4n) is 2.17. The molecule has 0 radical (unpaired) electrons. The van der Waals surface area contributed by atoms with Crippen LogP contribution >= 0.6 is 0 Å². The fraction of sp³-hybridized carbons (Fsp3) is 1.00. The Morgan fingerprint density at radius 3 is 2.33 bits per heavy atom. The Morgan fingerprint density at radius 2 is 1.67 bits per heavy atom. The maximum Gasteiger partial charge on any atom is 0.0577 e. The standard InChI is InChI=1S/C13H26O2/c1-2-3-4-5-6-11-15-13-9-7-12(14)8-10-13/h12-14H,2-11H2,1H3. The third kappa shape index (κ3) is 6.16. The molecular formula is C13H26O2. The van der Waals surface area contributed by atoms with Crippen molar-refractivity contribution in [3.05, 3.63) is 0 Å². The minimum absolute atomic E-state index is 0.0607. The molecular weight excluding hydrogens is 188 g/mol. The van der Waals surface area contributed by atoms with Crippen molar-refractivity contribution in [2.45, 2.75) is 76.9 Å². The van der Waals surface area contributed by atoms with E-state index in [1.54, 1.807) is 0 Å². The van der Waals surface area contributed by atoms with E-state index in [0.717, 1.165) is 32.3 Å². The van der Waals surface area contributed by atoms with Crippen molar-refractivity contribution in [2.24, 2.45) is 0 Å². The smallest absolute Gasteiger partial charge is 0.0577 e. The molecule has 2 nitrogen and oxygen atoms in total. The second kappa shape index (κ2) is 8.12. The van der Waals surface area contributed by atoms with Crippen molar-refractivity contribution >= 4 is 0 Å². The van der Waals surface area contributed by atoms with E-state index in [-0.39, 0.29) is 6.10 Å². The Bertz CT molecular complexity index is 139. The second-order valence-corrected chi connectivity index (χ2v) is 4.72. The van der Waals surface area contributed by atoms with Crippen LogP contribution in [0.3, 0.4) is 0 Å². The van der Waals surface area contributed by atoms with Crippen LogP contribution in [0.15, 0.2) is 0 Å². The number of unbranched alkanes of at least 4 members (excludes halogenated alkanes) is 4. The van der Waals surface area contributed by atoms with Gasteiger partial charge in [0.05, 0.1) is 12.2 Å². The summed E-state index contributed by atoms with van der Waals surface area (Å²) < 4.78 is 5.80. The zero-order valence-electron chi connectivity index (χ0n) is 10.1. The van der Waals surface area contributed by atoms with Gasteiger partial charge in [-0.1, -0.05) is 32.6 Å². The highest BCUT2D eigenvalue weighted by Gasteiger charge is 2.19. The largest absolute Gasteiger partial charge is 0.393 e. The van der Waals surface area contributed by atoms with E-state index in [2.05, 4.69) is 6.92 Å². The molecule has 1 fully saturated rings. The van der Waals surface area contributed by atoms with Gasteiger partial charge in [-0.3, -0.25) is 0 Å². The Kier molecular flexibility index (Phi) is 7.03. The van der Waals surface area contributed by atoms with E-state index in [4.69, 9.17) is 4.74 Å². The van der Waals surface area contributed by atoms with E-state index in [1.165, 1.54) is 32.1 Å². The lowest BCUT2D eigenvalue weighted by molar-refractivity contribution is -0.00446. The van der Waals surface area contributed by atoms with Crippen molar-refractivity contribution in [3.63, 3.8) is 0 Å². The molecule has 0 bridgehead atoms. The predicted molar refractivity (Wildman–Crippen MR) is 63.0 cm³/mol. The molecule has 2 heteroatoms. The molecule has 1 aliphatic rings. The SMILES string of the molecule is CCCCCCCOC1CCC(O)CC1. The van der Waals surface area contributed by atoms with Crippen LogP contribution in [-0.2, 0) is 4.74 Å². The number of hydrogen-bond donors (Lipinski definition) is 1. The van der Waals surface area contributed by atoms with Gasteiger partial charge < -0.3 is 9.84 Å². The van der Waals surface area contributed by atoms with E-state index in [9.17, 15) is 5.11 Å². The molecule has 15 heavy (non-hydrogen) atoms. The summed E-state index contributed by atoms with van der Waals surface area (Å²) in [5, 5.41) is 9.34. The maximum absolute atomic E-state index is 9.34. The number of hydrogen-bond acceptors (Lipinski definition) is 2. The molecule has 0 atom stereocenters. The van der Waals surface area contributed by atoms with E-state index in [1.807, 2.05) is 0 Å². The van der Waals surface area contributed by atoms with Crippen LogP contribution in [0.25, 0.3) is 0 Å². The molecule has 0 unspecified atom stereocenters. The molecule has 0 aromatic rings. The first-order valence-corrected chi connectivity index (χ1v) is 6.62. The molecule has 0 aromatic carbocycles. The first kappa shape index (κ1) is 13.0. The molecule has 0 saturated heterocycles. The minimum Gasteiger partial charge on any atom is -0.393 e. The van der Waals surface area contributed by atoms with Crippen molar-refractivity contribution in [2.75, 3.05) is 6.61 Å². The van der Waals surface area contributed by atoms with Gasteiger partial charge in [0.15, 0.2) is 0 Å². The van der Waals surface area contributed by atoms with Gasteiger partial charge >= 0.3 is 0 Å². The third-order valence-electron chi connectivity index (χ3n) is 3.25. The molecule has 1 rings (SSSR count). The summed E-state index contributed by atoms with van der Waals surface area (Å²) in [6.07, 6.45) is 10.9. The molecule has 1 N–H and O–H groups in total. The lowest BCUT2D eigenvalue weighted by Crippen LogP contribution is -2.24. The second-order valence-electron chi connectivity index (χ2n) is 4.72. The Balaban J connectivity index is 1.87. The number of aliphatic hydroxyl groups excluding tert-OH is 1. The van der Waals surface area contributed by atoms with Gasteiger partial charge in [-0.25, -0.2) is 0 Å². The van der Waals surface area contributed by atoms with Crippen LogP contribution in [0.2, 0.25) is 0 Å². The van der Waals surface area contributed by atoms with Crippen molar-refractivity contribution in [1.82, 2.24) is 0 Å². The maximum atomic E-state index is 9.34. The van der Waals surface area contributed by atoms with E-state index in [0.29, 0.717) is 6.10 Å². The quantitative estimate of drug-likeness (QED) is 0.659. The molecule has 90 valence electrons. The number of rotatable bonds is 7. The highest BCUT2D eigenvalue weighted by Crippen LogP contribution is 2.21. The number of ether oxygens (including phenoxy) is 1. The van der Waals surface area contributed by atoms with Gasteiger partial charge in [0.1, 0.15) is 0 Å². The Morgan fingerprint density at radius 1 is 1.00 bits per heavy atom. The van der Waals surface area contributed by atoms with Gasteiger partial charge in [0.25, 0.3) is 0 Å². The van der Waals surface area contributed by atoms with Crippen molar-refractivity contribution in [3.8, 4) is 0 Å². The van der Waals surface area contributed by atoms with E-state index < -0.39 is 0 Å². The summed E-state index contributed by atoms with van der Waals surface area (Å²) in [6.45, 7) is 3.16. The zero-order chi connectivity index (χ0) is 10.9. The van der Waals surface area contributed by atoms with Crippen LogP contribution in [-0.4, -0.2) is 23.9 Å². The van der Waals surface area contributed by atoms with Gasteiger partial charge in [0.2, 0.25) is 0 Å². The van der Waals surface area contributed by atoms with Crippen LogP contribution < -0.4 is 0 Å². The van der Waals surface area contributed by atoms with Crippen LogP contribution in [0.5, 0.6) is 0 Å². The Hall–Kier alpha value is -0.0800. The van der Waals surface area contributed by atoms with Gasteiger partial charge in [0, 0.05) is 6.61 Å². The minimum atomic E-state index is -0.0607. The van der Waals surface area contributed by atoms with Gasteiger partial charge in [-0.05, 0) is 32.1 Å². The molecule has 1 aliphatic carbocycles. The molecule has 0 aromatic heterocycles. The summed E-state index contributed by atoms with van der Waals surface area (Å²) in [6, 6.07) is 0. The summed E-state index contributed by atoms with van der Waals surface area (Å²) in [7, 11) is 0.